The SMILES string of the molecule is CCCCCC/C=C\CCCCCCCC(=O)OCC(COC(=O)CCCCCCCCCCCCCCC/C=C\CCCCCCCCCC)OC(=O)CCCCCCCCC/C=C\CCCCCCCC. The van der Waals surface area contributed by atoms with E-state index in [1.165, 1.54) is 250 Å². The summed E-state index contributed by atoms with van der Waals surface area (Å²) in [5.74, 6) is -0.866. The first-order chi connectivity index (χ1) is 36.0. The summed E-state index contributed by atoms with van der Waals surface area (Å²) in [7, 11) is 0. The van der Waals surface area contributed by atoms with E-state index >= 15 is 0 Å². The van der Waals surface area contributed by atoms with Crippen molar-refractivity contribution in [2.45, 2.75) is 361 Å². The van der Waals surface area contributed by atoms with Crippen LogP contribution < -0.4 is 0 Å². The number of carbonyl (C=O) groups is 3. The number of hydrogen-bond donors (Lipinski definition) is 0. The van der Waals surface area contributed by atoms with Crippen molar-refractivity contribution in [1.29, 1.82) is 0 Å². The standard InChI is InChI=1S/C67H124O6/c1-4-7-10-13-16-19-22-25-27-29-30-31-32-33-34-35-36-38-39-42-45-48-51-54-57-60-66(69)72-63-64(62-71-65(68)59-56-53-50-47-44-41-24-21-18-15-12-9-6-3)73-67(70)61-58-55-52-49-46-43-40-37-28-26-23-20-17-14-11-8-5-2/h21,24,26,28-30,64H,4-20,22-23,25,27,31-63H2,1-3H3/b24-21-,28-26-,30-29-. The summed E-state index contributed by atoms with van der Waals surface area (Å²) < 4.78 is 16.9. The highest BCUT2D eigenvalue weighted by atomic mass is 16.6. The molecule has 0 rings (SSSR count). The molecule has 0 spiro atoms. The second kappa shape index (κ2) is 62.2. The summed E-state index contributed by atoms with van der Waals surface area (Å²) in [6.07, 6.45) is 75.8. The van der Waals surface area contributed by atoms with Crippen molar-refractivity contribution in [2.24, 2.45) is 0 Å². The normalized spacial score (nSPS) is 12.2. The molecule has 1 atom stereocenters. The quantitative estimate of drug-likeness (QED) is 0.0261. The number of allylic oxidation sites excluding steroid dienone is 6. The fraction of sp³-hybridized carbons (Fsp3) is 0.866. The monoisotopic (exact) mass is 1020 g/mol. The van der Waals surface area contributed by atoms with Crippen LogP contribution in [0, 0.1) is 0 Å². The molecule has 0 amide bonds. The molecule has 0 aliphatic rings. The molecule has 0 N–H and O–H groups in total. The fourth-order valence-corrected chi connectivity index (χ4v) is 9.67. The van der Waals surface area contributed by atoms with Crippen molar-refractivity contribution in [3.63, 3.8) is 0 Å². The van der Waals surface area contributed by atoms with Gasteiger partial charge in [-0.2, -0.15) is 0 Å². The molecule has 0 fully saturated rings. The van der Waals surface area contributed by atoms with Gasteiger partial charge in [0.25, 0.3) is 0 Å². The largest absolute Gasteiger partial charge is 0.462 e. The third-order valence-corrected chi connectivity index (χ3v) is 14.6. The van der Waals surface area contributed by atoms with Gasteiger partial charge >= 0.3 is 17.9 Å². The van der Waals surface area contributed by atoms with Crippen molar-refractivity contribution in [2.75, 3.05) is 13.2 Å². The predicted molar refractivity (Wildman–Crippen MR) is 316 cm³/mol. The summed E-state index contributed by atoms with van der Waals surface area (Å²) in [5, 5.41) is 0. The van der Waals surface area contributed by atoms with E-state index < -0.39 is 6.10 Å². The van der Waals surface area contributed by atoms with Gasteiger partial charge in [0, 0.05) is 19.3 Å². The molecule has 428 valence electrons. The zero-order valence-corrected chi connectivity index (χ0v) is 49.2. The van der Waals surface area contributed by atoms with Crippen molar-refractivity contribution < 1.29 is 28.6 Å². The first-order valence-electron chi connectivity index (χ1n) is 32.5. The molecule has 6 nitrogen and oxygen atoms in total. The molecule has 0 aliphatic carbocycles. The van der Waals surface area contributed by atoms with E-state index in [2.05, 4.69) is 57.2 Å². The minimum Gasteiger partial charge on any atom is -0.462 e. The molecular weight excluding hydrogens is 901 g/mol. The lowest BCUT2D eigenvalue weighted by atomic mass is 10.0. The highest BCUT2D eigenvalue weighted by Gasteiger charge is 2.19. The van der Waals surface area contributed by atoms with Crippen molar-refractivity contribution in [1.82, 2.24) is 0 Å². The topological polar surface area (TPSA) is 78.9 Å². The van der Waals surface area contributed by atoms with Crippen LogP contribution in [-0.2, 0) is 28.6 Å². The van der Waals surface area contributed by atoms with Gasteiger partial charge in [0.1, 0.15) is 13.2 Å². The second-order valence-corrected chi connectivity index (χ2v) is 22.0. The lowest BCUT2D eigenvalue weighted by Crippen LogP contribution is -2.30. The van der Waals surface area contributed by atoms with Gasteiger partial charge in [-0.25, -0.2) is 0 Å². The lowest BCUT2D eigenvalue weighted by molar-refractivity contribution is -0.167. The van der Waals surface area contributed by atoms with Gasteiger partial charge in [-0.3, -0.25) is 14.4 Å². The summed E-state index contributed by atoms with van der Waals surface area (Å²) in [6, 6.07) is 0. The molecule has 0 heterocycles. The van der Waals surface area contributed by atoms with Gasteiger partial charge in [0.15, 0.2) is 6.10 Å². The molecule has 0 aliphatic heterocycles. The molecular formula is C67H124O6. The molecule has 0 saturated heterocycles. The Hall–Kier alpha value is -2.37. The van der Waals surface area contributed by atoms with E-state index in [1.807, 2.05) is 0 Å². The van der Waals surface area contributed by atoms with E-state index in [-0.39, 0.29) is 31.1 Å². The fourth-order valence-electron chi connectivity index (χ4n) is 9.67. The number of ether oxygens (including phenoxy) is 3. The Morgan fingerprint density at radius 2 is 0.452 bits per heavy atom. The third-order valence-electron chi connectivity index (χ3n) is 14.6. The summed E-state index contributed by atoms with van der Waals surface area (Å²) in [6.45, 7) is 6.66. The van der Waals surface area contributed by atoms with E-state index in [0.717, 1.165) is 64.2 Å². The minimum absolute atomic E-state index is 0.0734. The molecule has 0 radical (unpaired) electrons. The zero-order chi connectivity index (χ0) is 52.9. The zero-order valence-electron chi connectivity index (χ0n) is 49.2. The van der Waals surface area contributed by atoms with Crippen molar-refractivity contribution in [3.8, 4) is 0 Å². The van der Waals surface area contributed by atoms with Gasteiger partial charge < -0.3 is 14.2 Å². The molecule has 6 heteroatoms. The molecule has 0 aromatic heterocycles. The summed E-state index contributed by atoms with van der Waals surface area (Å²) in [5.41, 5.74) is 0. The van der Waals surface area contributed by atoms with E-state index in [1.54, 1.807) is 0 Å². The van der Waals surface area contributed by atoms with Crippen LogP contribution in [0.1, 0.15) is 355 Å². The van der Waals surface area contributed by atoms with E-state index in [9.17, 15) is 14.4 Å². The van der Waals surface area contributed by atoms with Crippen LogP contribution in [0.5, 0.6) is 0 Å². The Bertz CT molecular complexity index is 1220. The number of esters is 3. The Morgan fingerprint density at radius 1 is 0.260 bits per heavy atom. The van der Waals surface area contributed by atoms with Crippen LogP contribution in [0.25, 0.3) is 0 Å². The van der Waals surface area contributed by atoms with Gasteiger partial charge in [0.2, 0.25) is 0 Å². The Morgan fingerprint density at radius 3 is 0.699 bits per heavy atom. The van der Waals surface area contributed by atoms with Crippen LogP contribution in [-0.4, -0.2) is 37.2 Å². The van der Waals surface area contributed by atoms with Crippen molar-refractivity contribution >= 4 is 17.9 Å². The number of carbonyl (C=O) groups excluding carboxylic acids is 3. The Balaban J connectivity index is 4.25. The maximum absolute atomic E-state index is 12.9. The van der Waals surface area contributed by atoms with Crippen LogP contribution in [0.4, 0.5) is 0 Å². The summed E-state index contributed by atoms with van der Waals surface area (Å²) >= 11 is 0. The molecule has 0 aromatic rings. The Labute approximate surface area is 455 Å². The van der Waals surface area contributed by atoms with E-state index in [4.69, 9.17) is 14.2 Å². The molecule has 0 saturated carbocycles. The predicted octanol–water partition coefficient (Wildman–Crippen LogP) is 22.0. The van der Waals surface area contributed by atoms with Crippen LogP contribution in [0.3, 0.4) is 0 Å². The second-order valence-electron chi connectivity index (χ2n) is 22.0. The minimum atomic E-state index is -0.776. The van der Waals surface area contributed by atoms with Crippen LogP contribution >= 0.6 is 0 Å². The van der Waals surface area contributed by atoms with Crippen LogP contribution in [0.15, 0.2) is 36.5 Å². The third kappa shape index (κ3) is 60.4. The first kappa shape index (κ1) is 70.6. The van der Waals surface area contributed by atoms with Gasteiger partial charge in [-0.05, 0) is 96.3 Å². The average molecular weight is 1030 g/mol. The van der Waals surface area contributed by atoms with Crippen molar-refractivity contribution in [3.05, 3.63) is 36.5 Å². The van der Waals surface area contributed by atoms with Gasteiger partial charge in [-0.15, -0.1) is 0 Å². The highest BCUT2D eigenvalue weighted by molar-refractivity contribution is 5.71. The summed E-state index contributed by atoms with van der Waals surface area (Å²) in [4.78, 5) is 38.3. The molecule has 0 bridgehead atoms. The molecule has 73 heavy (non-hydrogen) atoms. The van der Waals surface area contributed by atoms with E-state index in [0.29, 0.717) is 19.3 Å². The number of hydrogen-bond acceptors (Lipinski definition) is 6. The maximum atomic E-state index is 12.9. The molecule has 0 aromatic carbocycles. The first-order valence-corrected chi connectivity index (χ1v) is 32.5. The number of unbranched alkanes of at least 4 members (excludes halogenated alkanes) is 43. The Kier molecular flexibility index (Phi) is 60.2. The highest BCUT2D eigenvalue weighted by Crippen LogP contribution is 2.17. The van der Waals surface area contributed by atoms with Crippen LogP contribution in [0.2, 0.25) is 0 Å². The van der Waals surface area contributed by atoms with Gasteiger partial charge in [-0.1, -0.05) is 276 Å². The molecule has 1 unspecified atom stereocenters. The number of rotatable bonds is 60. The maximum Gasteiger partial charge on any atom is 0.306 e. The lowest BCUT2D eigenvalue weighted by Gasteiger charge is -2.18. The smallest absolute Gasteiger partial charge is 0.306 e. The van der Waals surface area contributed by atoms with Gasteiger partial charge in [0.05, 0.1) is 0 Å². The average Bonchev–Trinajstić information content (AvgIpc) is 3.39.